The van der Waals surface area contributed by atoms with Crippen molar-refractivity contribution in [1.82, 2.24) is 4.98 Å². The molecule has 1 aromatic heterocycles. The van der Waals surface area contributed by atoms with Crippen LogP contribution in [0.1, 0.15) is 11.1 Å². The lowest BCUT2D eigenvalue weighted by atomic mass is 10.2. The maximum atomic E-state index is 9.15. The van der Waals surface area contributed by atoms with Gasteiger partial charge in [0.1, 0.15) is 5.75 Å². The molecule has 0 aliphatic carbocycles. The summed E-state index contributed by atoms with van der Waals surface area (Å²) in [6.07, 6.45) is 5.17. The number of pyridine rings is 1. The largest absolute Gasteiger partial charge is 0.497 e. The van der Waals surface area contributed by atoms with E-state index >= 15 is 0 Å². The van der Waals surface area contributed by atoms with Crippen molar-refractivity contribution in [2.45, 2.75) is 6.61 Å². The highest BCUT2D eigenvalue weighted by molar-refractivity contribution is 5.81. The number of methoxy groups -OCH3 is 1. The topological polar surface area (TPSA) is 54.7 Å². The number of aliphatic imine (C=N–C) groups is 1. The van der Waals surface area contributed by atoms with Crippen LogP contribution in [-0.2, 0) is 6.61 Å². The van der Waals surface area contributed by atoms with Crippen LogP contribution in [0.2, 0.25) is 0 Å². The minimum absolute atomic E-state index is 0.0351. The van der Waals surface area contributed by atoms with Crippen molar-refractivity contribution in [3.8, 4) is 5.75 Å². The number of aliphatic hydroxyl groups is 1. The van der Waals surface area contributed by atoms with Gasteiger partial charge >= 0.3 is 0 Å². The van der Waals surface area contributed by atoms with Gasteiger partial charge in [0.25, 0.3) is 0 Å². The summed E-state index contributed by atoms with van der Waals surface area (Å²) in [5.74, 6) is 0.680. The number of aliphatic hydroxyl groups excluding tert-OH is 1. The van der Waals surface area contributed by atoms with Gasteiger partial charge in [-0.3, -0.25) is 9.98 Å². The van der Waals surface area contributed by atoms with Gasteiger partial charge in [0, 0.05) is 30.2 Å². The molecule has 0 aliphatic rings. The first kappa shape index (κ1) is 12.3. The fraction of sp³-hybridized carbons (Fsp3) is 0.143. The molecule has 1 aromatic carbocycles. The molecule has 2 rings (SSSR count). The van der Waals surface area contributed by atoms with E-state index in [2.05, 4.69) is 9.98 Å². The highest BCUT2D eigenvalue weighted by atomic mass is 16.5. The summed E-state index contributed by atoms with van der Waals surface area (Å²) in [4.78, 5) is 8.35. The van der Waals surface area contributed by atoms with Crippen LogP contribution in [0, 0.1) is 0 Å². The molecule has 1 N–H and O–H groups in total. The second-order valence-corrected chi connectivity index (χ2v) is 3.74. The SMILES string of the molecule is COc1cc(CO)cc(/N=C/c2cccnc2)c1. The Balaban J connectivity index is 2.25. The van der Waals surface area contributed by atoms with E-state index in [0.717, 1.165) is 16.8 Å². The summed E-state index contributed by atoms with van der Waals surface area (Å²) in [5.41, 5.74) is 2.43. The Morgan fingerprint density at radius 2 is 2.28 bits per heavy atom. The molecule has 18 heavy (non-hydrogen) atoms. The molecule has 1 heterocycles. The van der Waals surface area contributed by atoms with Gasteiger partial charge in [0.05, 0.1) is 19.4 Å². The zero-order valence-electron chi connectivity index (χ0n) is 10.1. The maximum Gasteiger partial charge on any atom is 0.121 e. The van der Waals surface area contributed by atoms with Crippen molar-refractivity contribution in [3.05, 3.63) is 53.9 Å². The molecular formula is C14H14N2O2. The minimum Gasteiger partial charge on any atom is -0.497 e. The van der Waals surface area contributed by atoms with E-state index in [4.69, 9.17) is 9.84 Å². The van der Waals surface area contributed by atoms with E-state index < -0.39 is 0 Å². The number of aromatic nitrogens is 1. The fourth-order valence-electron chi connectivity index (χ4n) is 1.53. The molecule has 4 heteroatoms. The van der Waals surface area contributed by atoms with Gasteiger partial charge in [-0.1, -0.05) is 6.07 Å². The second kappa shape index (κ2) is 5.93. The monoisotopic (exact) mass is 242 g/mol. The summed E-state index contributed by atoms with van der Waals surface area (Å²) in [7, 11) is 1.59. The second-order valence-electron chi connectivity index (χ2n) is 3.74. The first-order valence-electron chi connectivity index (χ1n) is 5.55. The minimum atomic E-state index is -0.0351. The van der Waals surface area contributed by atoms with Crippen LogP contribution in [0.4, 0.5) is 5.69 Å². The van der Waals surface area contributed by atoms with Crippen LogP contribution in [0.15, 0.2) is 47.7 Å². The quantitative estimate of drug-likeness (QED) is 0.837. The Kier molecular flexibility index (Phi) is 4.04. The molecule has 0 saturated heterocycles. The summed E-state index contributed by atoms with van der Waals surface area (Å²) in [6, 6.07) is 9.18. The van der Waals surface area contributed by atoms with E-state index in [-0.39, 0.29) is 6.61 Å². The van der Waals surface area contributed by atoms with Crippen molar-refractivity contribution >= 4 is 11.9 Å². The molecule has 92 valence electrons. The molecule has 0 unspecified atom stereocenters. The van der Waals surface area contributed by atoms with Crippen molar-refractivity contribution in [2.75, 3.05) is 7.11 Å². The van der Waals surface area contributed by atoms with Crippen molar-refractivity contribution < 1.29 is 9.84 Å². The highest BCUT2D eigenvalue weighted by Gasteiger charge is 1.99. The van der Waals surface area contributed by atoms with Gasteiger partial charge in [-0.25, -0.2) is 0 Å². The number of hydrogen-bond donors (Lipinski definition) is 1. The Hall–Kier alpha value is -2.20. The predicted molar refractivity (Wildman–Crippen MR) is 70.4 cm³/mol. The fourth-order valence-corrected chi connectivity index (χ4v) is 1.53. The van der Waals surface area contributed by atoms with Crippen LogP contribution in [0.3, 0.4) is 0 Å². The molecule has 0 bridgehead atoms. The number of ether oxygens (including phenoxy) is 1. The van der Waals surface area contributed by atoms with Crippen molar-refractivity contribution in [3.63, 3.8) is 0 Å². The Morgan fingerprint density at radius 3 is 2.94 bits per heavy atom. The zero-order chi connectivity index (χ0) is 12.8. The smallest absolute Gasteiger partial charge is 0.121 e. The number of nitrogens with zero attached hydrogens (tertiary/aromatic N) is 2. The molecule has 0 radical (unpaired) electrons. The molecule has 0 fully saturated rings. The summed E-state index contributed by atoms with van der Waals surface area (Å²) >= 11 is 0. The first-order chi connectivity index (χ1) is 8.81. The molecule has 0 amide bonds. The molecular weight excluding hydrogens is 228 g/mol. The average Bonchev–Trinajstić information content (AvgIpc) is 2.45. The Morgan fingerprint density at radius 1 is 1.39 bits per heavy atom. The summed E-state index contributed by atoms with van der Waals surface area (Å²) < 4.78 is 5.15. The predicted octanol–water partition coefficient (Wildman–Crippen LogP) is 2.33. The number of rotatable bonds is 4. The van der Waals surface area contributed by atoms with Gasteiger partial charge in [-0.05, 0) is 23.8 Å². The lowest BCUT2D eigenvalue weighted by molar-refractivity contribution is 0.281. The molecule has 0 aliphatic heterocycles. The van der Waals surface area contributed by atoms with Crippen LogP contribution in [-0.4, -0.2) is 23.4 Å². The van der Waals surface area contributed by atoms with E-state index in [1.165, 1.54) is 0 Å². The lowest BCUT2D eigenvalue weighted by Crippen LogP contribution is -1.88. The summed E-state index contributed by atoms with van der Waals surface area (Å²) in [5, 5.41) is 9.15. The van der Waals surface area contributed by atoms with Crippen LogP contribution in [0.5, 0.6) is 5.75 Å². The number of hydrogen-bond acceptors (Lipinski definition) is 4. The van der Waals surface area contributed by atoms with Crippen molar-refractivity contribution in [2.24, 2.45) is 4.99 Å². The lowest BCUT2D eigenvalue weighted by Gasteiger charge is -2.04. The zero-order valence-corrected chi connectivity index (χ0v) is 10.1. The van der Waals surface area contributed by atoms with Crippen LogP contribution >= 0.6 is 0 Å². The van der Waals surface area contributed by atoms with Gasteiger partial charge < -0.3 is 9.84 Å². The van der Waals surface area contributed by atoms with E-state index in [1.54, 1.807) is 31.8 Å². The molecule has 0 spiro atoms. The molecule has 2 aromatic rings. The van der Waals surface area contributed by atoms with Gasteiger partial charge in [-0.15, -0.1) is 0 Å². The maximum absolute atomic E-state index is 9.15. The number of benzene rings is 1. The van der Waals surface area contributed by atoms with Crippen LogP contribution < -0.4 is 4.74 Å². The standard InChI is InChI=1S/C14H14N2O2/c1-18-14-6-12(10-17)5-13(7-14)16-9-11-3-2-4-15-8-11/h2-9,17H,10H2,1H3/b16-9+. The van der Waals surface area contributed by atoms with Crippen LogP contribution in [0.25, 0.3) is 0 Å². The van der Waals surface area contributed by atoms with Crippen molar-refractivity contribution in [1.29, 1.82) is 0 Å². The Labute approximate surface area is 106 Å². The van der Waals surface area contributed by atoms with Gasteiger partial charge in [0.2, 0.25) is 0 Å². The average molecular weight is 242 g/mol. The third-order valence-corrected chi connectivity index (χ3v) is 2.42. The first-order valence-corrected chi connectivity index (χ1v) is 5.55. The summed E-state index contributed by atoms with van der Waals surface area (Å²) in [6.45, 7) is -0.0351. The third-order valence-electron chi connectivity index (χ3n) is 2.42. The van der Waals surface area contributed by atoms with E-state index in [0.29, 0.717) is 5.75 Å². The normalized spacial score (nSPS) is 10.8. The molecule has 4 nitrogen and oxygen atoms in total. The highest BCUT2D eigenvalue weighted by Crippen LogP contribution is 2.23. The van der Waals surface area contributed by atoms with Gasteiger partial charge in [0.15, 0.2) is 0 Å². The third kappa shape index (κ3) is 3.15. The van der Waals surface area contributed by atoms with E-state index in [9.17, 15) is 0 Å². The Bertz CT molecular complexity index is 516. The van der Waals surface area contributed by atoms with E-state index in [1.807, 2.05) is 24.3 Å². The molecule has 0 atom stereocenters. The van der Waals surface area contributed by atoms with Gasteiger partial charge in [-0.2, -0.15) is 0 Å². The molecule has 0 saturated carbocycles.